The minimum Gasteiger partial charge on any atom is -0.383 e. The molecule has 5 aromatic rings. The summed E-state index contributed by atoms with van der Waals surface area (Å²) < 4.78 is 54.4. The van der Waals surface area contributed by atoms with Crippen LogP contribution in [0.1, 0.15) is 27.2 Å². The van der Waals surface area contributed by atoms with E-state index in [0.717, 1.165) is 11.6 Å². The lowest BCUT2D eigenvalue weighted by Crippen LogP contribution is -2.44. The predicted octanol–water partition coefficient (Wildman–Crippen LogP) is 5.32. The summed E-state index contributed by atoms with van der Waals surface area (Å²) in [7, 11) is 1.46. The molecule has 0 aliphatic heterocycles. The van der Waals surface area contributed by atoms with Crippen molar-refractivity contribution in [3.05, 3.63) is 95.3 Å². The Morgan fingerprint density at radius 1 is 0.974 bits per heavy atom. The maximum Gasteiger partial charge on any atom is 0.417 e. The Hall–Kier alpha value is -4.87. The average Bonchev–Trinajstić information content (AvgIpc) is 2.91. The van der Waals surface area contributed by atoms with E-state index < -0.39 is 23.5 Å². The van der Waals surface area contributed by atoms with E-state index in [9.17, 15) is 18.0 Å². The van der Waals surface area contributed by atoms with E-state index in [1.54, 1.807) is 31.2 Å². The SMILES string of the molecule is Cc1cc2cc(C(=O)N(Cc3ccc(C(F)(F)F)cn3)N(C)c3c(F)ccc4nccnc34)ccc2nc1N. The molecule has 2 aromatic carbocycles. The Kier molecular flexibility index (Phi) is 6.46. The highest BCUT2D eigenvalue weighted by molar-refractivity contribution is 6.00. The molecule has 3 heterocycles. The van der Waals surface area contributed by atoms with E-state index in [4.69, 9.17) is 5.73 Å². The molecule has 39 heavy (non-hydrogen) atoms. The third-order valence-electron chi connectivity index (χ3n) is 6.24. The van der Waals surface area contributed by atoms with Crippen molar-refractivity contribution < 1.29 is 22.4 Å². The monoisotopic (exact) mass is 535 g/mol. The molecule has 3 aromatic heterocycles. The van der Waals surface area contributed by atoms with Gasteiger partial charge in [0.25, 0.3) is 5.91 Å². The van der Waals surface area contributed by atoms with Gasteiger partial charge >= 0.3 is 6.18 Å². The quantitative estimate of drug-likeness (QED) is 0.240. The second kappa shape index (κ2) is 9.78. The number of nitrogen functional groups attached to an aromatic ring is 1. The van der Waals surface area contributed by atoms with Crippen LogP contribution in [0.15, 0.2) is 67.1 Å². The molecule has 0 aliphatic carbocycles. The number of hydrogen-bond acceptors (Lipinski definition) is 7. The first kappa shape index (κ1) is 25.8. The number of carbonyl (C=O) groups is 1. The van der Waals surface area contributed by atoms with E-state index in [2.05, 4.69) is 19.9 Å². The van der Waals surface area contributed by atoms with E-state index in [-0.39, 0.29) is 29.0 Å². The number of hydrogen-bond donors (Lipinski definition) is 1. The smallest absolute Gasteiger partial charge is 0.383 e. The number of pyridine rings is 2. The van der Waals surface area contributed by atoms with Gasteiger partial charge < -0.3 is 5.73 Å². The highest BCUT2D eigenvalue weighted by atomic mass is 19.4. The lowest BCUT2D eigenvalue weighted by atomic mass is 10.1. The van der Waals surface area contributed by atoms with Gasteiger partial charge in [-0.15, -0.1) is 0 Å². The number of nitrogens with zero attached hydrogens (tertiary/aromatic N) is 6. The minimum atomic E-state index is -4.57. The van der Waals surface area contributed by atoms with Crippen molar-refractivity contribution in [1.82, 2.24) is 24.9 Å². The molecule has 198 valence electrons. The Bertz CT molecular complexity index is 1710. The number of hydrazine groups is 1. The summed E-state index contributed by atoms with van der Waals surface area (Å²) >= 11 is 0. The number of benzene rings is 2. The molecule has 0 saturated carbocycles. The highest BCUT2D eigenvalue weighted by Gasteiger charge is 2.31. The van der Waals surface area contributed by atoms with E-state index >= 15 is 4.39 Å². The number of amides is 1. The van der Waals surface area contributed by atoms with Crippen LogP contribution >= 0.6 is 0 Å². The van der Waals surface area contributed by atoms with Crippen molar-refractivity contribution in [3.8, 4) is 0 Å². The molecule has 1 amide bonds. The van der Waals surface area contributed by atoms with Crippen LogP contribution in [0.4, 0.5) is 29.1 Å². The third kappa shape index (κ3) is 5.00. The number of aromatic nitrogens is 4. The fourth-order valence-electron chi connectivity index (χ4n) is 4.16. The van der Waals surface area contributed by atoms with Gasteiger partial charge in [0.15, 0.2) is 5.82 Å². The number of anilines is 2. The minimum absolute atomic E-state index is 0.0352. The summed E-state index contributed by atoms with van der Waals surface area (Å²) in [6.45, 7) is 1.53. The molecule has 5 rings (SSSR count). The molecule has 8 nitrogen and oxygen atoms in total. The lowest BCUT2D eigenvalue weighted by molar-refractivity contribution is -0.137. The Morgan fingerprint density at radius 2 is 1.72 bits per heavy atom. The molecule has 2 N–H and O–H groups in total. The molecule has 0 radical (unpaired) electrons. The van der Waals surface area contributed by atoms with E-state index in [0.29, 0.717) is 28.4 Å². The topological polar surface area (TPSA) is 101 Å². The average molecular weight is 536 g/mol. The second-order valence-corrected chi connectivity index (χ2v) is 8.84. The molecule has 0 fully saturated rings. The molecular formula is C27H21F4N7O. The standard InChI is InChI=1S/C27H21F4N7O/c1-15-11-17-12-16(3-7-21(17)36-25(15)32)26(39)38(14-19-5-4-18(13-35-19)27(29,30)31)37(2)24-20(28)6-8-22-23(24)34-10-9-33-22/h3-13H,14H2,1-2H3,(H2,32,36). The first-order valence-corrected chi connectivity index (χ1v) is 11.7. The van der Waals surface area contributed by atoms with Gasteiger partial charge in [0.05, 0.1) is 28.8 Å². The van der Waals surface area contributed by atoms with Crippen LogP contribution in [0, 0.1) is 12.7 Å². The molecule has 12 heteroatoms. The first-order chi connectivity index (χ1) is 18.5. The summed E-state index contributed by atoms with van der Waals surface area (Å²) in [5.74, 6) is -0.864. The summed E-state index contributed by atoms with van der Waals surface area (Å²) in [4.78, 5) is 30.6. The van der Waals surface area contributed by atoms with Gasteiger partial charge in [-0.25, -0.2) is 14.4 Å². The molecule has 0 unspecified atom stereocenters. The van der Waals surface area contributed by atoms with Crippen molar-refractivity contribution in [2.24, 2.45) is 0 Å². The Balaban J connectivity index is 1.60. The zero-order valence-electron chi connectivity index (χ0n) is 20.7. The fraction of sp³-hybridized carbons (Fsp3) is 0.148. The maximum absolute atomic E-state index is 15.2. The zero-order chi connectivity index (χ0) is 27.9. The van der Waals surface area contributed by atoms with Gasteiger partial charge in [-0.3, -0.25) is 24.8 Å². The zero-order valence-corrected chi connectivity index (χ0v) is 20.7. The van der Waals surface area contributed by atoms with Gasteiger partial charge in [0.1, 0.15) is 17.0 Å². The largest absolute Gasteiger partial charge is 0.417 e. The molecule has 0 atom stereocenters. The number of halogens is 4. The Labute approximate surface area is 219 Å². The van der Waals surface area contributed by atoms with Crippen LogP contribution in [-0.4, -0.2) is 37.9 Å². The van der Waals surface area contributed by atoms with Crippen LogP contribution < -0.4 is 10.7 Å². The number of alkyl halides is 3. The number of aryl methyl sites for hydroxylation is 1. The molecule has 0 saturated heterocycles. The van der Waals surface area contributed by atoms with Crippen LogP contribution in [0.2, 0.25) is 0 Å². The second-order valence-electron chi connectivity index (χ2n) is 8.84. The van der Waals surface area contributed by atoms with Gasteiger partial charge in [-0.05, 0) is 61.0 Å². The predicted molar refractivity (Wildman–Crippen MR) is 138 cm³/mol. The summed E-state index contributed by atoms with van der Waals surface area (Å²) in [5.41, 5.74) is 7.23. The van der Waals surface area contributed by atoms with Crippen molar-refractivity contribution >= 4 is 39.3 Å². The van der Waals surface area contributed by atoms with Gasteiger partial charge in [-0.1, -0.05) is 0 Å². The van der Waals surface area contributed by atoms with E-state index in [1.807, 2.05) is 0 Å². The van der Waals surface area contributed by atoms with Crippen LogP contribution in [-0.2, 0) is 12.7 Å². The van der Waals surface area contributed by atoms with Gasteiger partial charge in [-0.2, -0.15) is 13.2 Å². The number of nitrogens with two attached hydrogens (primary N) is 1. The van der Waals surface area contributed by atoms with Crippen LogP contribution in [0.25, 0.3) is 21.9 Å². The summed E-state index contributed by atoms with van der Waals surface area (Å²) in [6.07, 6.45) is -1.02. The lowest BCUT2D eigenvalue weighted by Gasteiger charge is -2.34. The number of fused-ring (bicyclic) bond motifs is 2. The highest BCUT2D eigenvalue weighted by Crippen LogP contribution is 2.31. The number of carbonyl (C=O) groups excluding carboxylic acids is 1. The third-order valence-corrected chi connectivity index (χ3v) is 6.24. The maximum atomic E-state index is 15.2. The van der Waals surface area contributed by atoms with Gasteiger partial charge in [0.2, 0.25) is 0 Å². The summed E-state index contributed by atoms with van der Waals surface area (Å²) in [5, 5.41) is 3.11. The van der Waals surface area contributed by atoms with E-state index in [1.165, 1.54) is 47.7 Å². The van der Waals surface area contributed by atoms with Crippen molar-refractivity contribution in [3.63, 3.8) is 0 Å². The van der Waals surface area contributed by atoms with Crippen molar-refractivity contribution in [2.75, 3.05) is 17.8 Å². The first-order valence-electron chi connectivity index (χ1n) is 11.7. The van der Waals surface area contributed by atoms with Gasteiger partial charge in [0, 0.05) is 36.6 Å². The van der Waals surface area contributed by atoms with Crippen LogP contribution in [0.3, 0.4) is 0 Å². The number of rotatable bonds is 5. The molecular weight excluding hydrogens is 514 g/mol. The summed E-state index contributed by atoms with van der Waals surface area (Å²) in [6, 6.07) is 11.3. The molecule has 0 aliphatic rings. The molecule has 0 spiro atoms. The fourth-order valence-corrected chi connectivity index (χ4v) is 4.16. The van der Waals surface area contributed by atoms with Crippen LogP contribution in [0.5, 0.6) is 0 Å². The van der Waals surface area contributed by atoms with Crippen molar-refractivity contribution in [2.45, 2.75) is 19.6 Å². The van der Waals surface area contributed by atoms with Crippen molar-refractivity contribution in [1.29, 1.82) is 0 Å². The Morgan fingerprint density at radius 3 is 2.44 bits per heavy atom. The normalized spacial score (nSPS) is 11.6. The molecule has 0 bridgehead atoms.